The summed E-state index contributed by atoms with van der Waals surface area (Å²) in [6.07, 6.45) is 1.50. The van der Waals surface area contributed by atoms with Gasteiger partial charge in [-0.15, -0.1) is 0 Å². The molecule has 134 valence electrons. The third-order valence-corrected chi connectivity index (χ3v) is 4.78. The Kier molecular flexibility index (Phi) is 5.73. The maximum Gasteiger partial charge on any atom is 0.341 e. The number of carbonyl (C=O) groups is 1. The van der Waals surface area contributed by atoms with Crippen LogP contribution in [0.1, 0.15) is 21.7 Å². The summed E-state index contributed by atoms with van der Waals surface area (Å²) < 4.78 is 24.1. The number of methoxy groups -OCH3 is 1. The fourth-order valence-electron chi connectivity index (χ4n) is 2.97. The van der Waals surface area contributed by atoms with E-state index in [0.29, 0.717) is 35.0 Å². The highest BCUT2D eigenvalue weighted by atomic mass is 35.5. The molecule has 1 aromatic heterocycles. The summed E-state index contributed by atoms with van der Waals surface area (Å²) >= 11 is 6.10. The summed E-state index contributed by atoms with van der Waals surface area (Å²) in [5, 5.41) is 0.459. The largest absolute Gasteiger partial charge is 0.467 e. The van der Waals surface area contributed by atoms with Gasteiger partial charge in [-0.1, -0.05) is 17.7 Å². The van der Waals surface area contributed by atoms with Crippen molar-refractivity contribution in [1.29, 1.82) is 0 Å². The van der Waals surface area contributed by atoms with Crippen molar-refractivity contribution in [3.8, 4) is 0 Å². The van der Waals surface area contributed by atoms with Gasteiger partial charge in [-0.05, 0) is 18.2 Å². The van der Waals surface area contributed by atoms with Crippen molar-refractivity contribution < 1.29 is 18.3 Å². The van der Waals surface area contributed by atoms with Crippen LogP contribution in [0.3, 0.4) is 0 Å². The highest BCUT2D eigenvalue weighted by Crippen LogP contribution is 2.22. The maximum absolute atomic E-state index is 13.9. The third-order valence-electron chi connectivity index (χ3n) is 4.43. The van der Waals surface area contributed by atoms with Gasteiger partial charge in [0.15, 0.2) is 0 Å². The second-order valence-electron chi connectivity index (χ2n) is 6.00. The molecule has 1 saturated heterocycles. The van der Waals surface area contributed by atoms with E-state index in [4.69, 9.17) is 20.8 Å². The molecule has 7 heteroatoms. The number of esters is 1. The first-order valence-electron chi connectivity index (χ1n) is 8.10. The number of benzene rings is 1. The predicted molar refractivity (Wildman–Crippen MR) is 92.0 cm³/mol. The smallest absolute Gasteiger partial charge is 0.341 e. The van der Waals surface area contributed by atoms with Crippen molar-refractivity contribution in [2.24, 2.45) is 0 Å². The van der Waals surface area contributed by atoms with E-state index in [-0.39, 0.29) is 5.82 Å². The number of hydrogen-bond donors (Lipinski definition) is 0. The van der Waals surface area contributed by atoms with Crippen LogP contribution in [0.4, 0.5) is 4.39 Å². The minimum atomic E-state index is -0.392. The molecule has 1 aliphatic rings. The van der Waals surface area contributed by atoms with Crippen molar-refractivity contribution in [3.05, 3.63) is 58.3 Å². The van der Waals surface area contributed by atoms with Crippen LogP contribution in [-0.4, -0.2) is 49.1 Å². The van der Waals surface area contributed by atoms with E-state index in [2.05, 4.69) is 9.80 Å². The second kappa shape index (κ2) is 7.99. The summed E-state index contributed by atoms with van der Waals surface area (Å²) in [6.45, 7) is 4.22. The van der Waals surface area contributed by atoms with E-state index >= 15 is 0 Å². The molecule has 2 aromatic rings. The molecular weight excluding hydrogens is 347 g/mol. The number of furan rings is 1. The Bertz CT molecular complexity index is 721. The molecular formula is C18H20ClFN2O3. The molecule has 0 aliphatic carbocycles. The van der Waals surface area contributed by atoms with Crippen LogP contribution in [0.25, 0.3) is 0 Å². The van der Waals surface area contributed by atoms with Crippen molar-refractivity contribution in [1.82, 2.24) is 9.80 Å². The minimum absolute atomic E-state index is 0.270. The molecule has 0 N–H and O–H groups in total. The zero-order valence-corrected chi connectivity index (χ0v) is 14.8. The number of ether oxygens (including phenoxy) is 1. The minimum Gasteiger partial charge on any atom is -0.467 e. The van der Waals surface area contributed by atoms with Crippen LogP contribution in [-0.2, 0) is 17.8 Å². The number of halogens is 2. The standard InChI is InChI=1S/C18H20ClFN2O3/c1-24-18(23)13-5-10-25-17(13)12-22-8-6-21(7-9-22)11-14-15(19)3-2-4-16(14)20/h2-5,10H,6-9,11-12H2,1H3. The molecule has 0 atom stereocenters. The van der Waals surface area contributed by atoms with Crippen LogP contribution in [0.2, 0.25) is 5.02 Å². The topological polar surface area (TPSA) is 45.9 Å². The summed E-state index contributed by atoms with van der Waals surface area (Å²) in [6, 6.07) is 6.38. The van der Waals surface area contributed by atoms with Gasteiger partial charge < -0.3 is 9.15 Å². The highest BCUT2D eigenvalue weighted by molar-refractivity contribution is 6.31. The lowest BCUT2D eigenvalue weighted by Crippen LogP contribution is -2.45. The number of hydrogen-bond acceptors (Lipinski definition) is 5. The molecule has 1 aliphatic heterocycles. The lowest BCUT2D eigenvalue weighted by Gasteiger charge is -2.34. The van der Waals surface area contributed by atoms with E-state index in [1.54, 1.807) is 18.2 Å². The Labute approximate surface area is 150 Å². The number of piperazine rings is 1. The Morgan fingerprint density at radius 3 is 2.52 bits per heavy atom. The molecule has 3 rings (SSSR count). The zero-order valence-electron chi connectivity index (χ0n) is 14.0. The van der Waals surface area contributed by atoms with Crippen LogP contribution >= 0.6 is 11.6 Å². The number of nitrogens with zero attached hydrogens (tertiary/aromatic N) is 2. The summed E-state index contributed by atoms with van der Waals surface area (Å²) in [5.41, 5.74) is 1.000. The van der Waals surface area contributed by atoms with Crippen molar-refractivity contribution >= 4 is 17.6 Å². The van der Waals surface area contributed by atoms with Crippen LogP contribution in [0.5, 0.6) is 0 Å². The number of carbonyl (C=O) groups excluding carboxylic acids is 1. The van der Waals surface area contributed by atoms with Gasteiger partial charge in [0.1, 0.15) is 17.1 Å². The molecule has 0 bridgehead atoms. The summed E-state index contributed by atoms with van der Waals surface area (Å²) in [4.78, 5) is 16.1. The summed E-state index contributed by atoms with van der Waals surface area (Å²) in [5.74, 6) is -0.0535. The van der Waals surface area contributed by atoms with Crippen LogP contribution < -0.4 is 0 Å². The van der Waals surface area contributed by atoms with Crippen molar-refractivity contribution in [3.63, 3.8) is 0 Å². The normalized spacial score (nSPS) is 16.1. The molecule has 0 saturated carbocycles. The predicted octanol–water partition coefficient (Wildman–Crippen LogP) is 3.18. The van der Waals surface area contributed by atoms with E-state index in [9.17, 15) is 9.18 Å². The molecule has 1 fully saturated rings. The SMILES string of the molecule is COC(=O)c1ccoc1CN1CCN(Cc2c(F)cccc2Cl)CC1. The van der Waals surface area contributed by atoms with Gasteiger partial charge in [0.2, 0.25) is 0 Å². The first kappa shape index (κ1) is 17.9. The monoisotopic (exact) mass is 366 g/mol. The lowest BCUT2D eigenvalue weighted by atomic mass is 10.1. The van der Waals surface area contributed by atoms with Gasteiger partial charge in [-0.3, -0.25) is 9.80 Å². The molecule has 2 heterocycles. The van der Waals surface area contributed by atoms with Gasteiger partial charge in [0, 0.05) is 43.3 Å². The molecule has 0 radical (unpaired) electrons. The maximum atomic E-state index is 13.9. The molecule has 0 spiro atoms. The number of rotatable bonds is 5. The third kappa shape index (κ3) is 4.21. The van der Waals surface area contributed by atoms with Gasteiger partial charge in [-0.25, -0.2) is 9.18 Å². The van der Waals surface area contributed by atoms with E-state index in [1.807, 2.05) is 0 Å². The average Bonchev–Trinajstić information content (AvgIpc) is 3.07. The van der Waals surface area contributed by atoms with Gasteiger partial charge in [0.25, 0.3) is 0 Å². The Balaban J connectivity index is 1.56. The highest BCUT2D eigenvalue weighted by Gasteiger charge is 2.22. The van der Waals surface area contributed by atoms with Crippen molar-refractivity contribution in [2.45, 2.75) is 13.1 Å². The average molecular weight is 367 g/mol. The van der Waals surface area contributed by atoms with E-state index in [1.165, 1.54) is 19.4 Å². The molecule has 25 heavy (non-hydrogen) atoms. The fourth-order valence-corrected chi connectivity index (χ4v) is 3.19. The molecule has 0 unspecified atom stereocenters. The van der Waals surface area contributed by atoms with E-state index < -0.39 is 5.97 Å². The Morgan fingerprint density at radius 2 is 1.88 bits per heavy atom. The lowest BCUT2D eigenvalue weighted by molar-refractivity contribution is 0.0594. The second-order valence-corrected chi connectivity index (χ2v) is 6.41. The molecule has 5 nitrogen and oxygen atoms in total. The summed E-state index contributed by atoms with van der Waals surface area (Å²) in [7, 11) is 1.35. The van der Waals surface area contributed by atoms with Crippen LogP contribution in [0.15, 0.2) is 34.9 Å². The van der Waals surface area contributed by atoms with Gasteiger partial charge in [-0.2, -0.15) is 0 Å². The Hall–Kier alpha value is -1.89. The Morgan fingerprint density at radius 1 is 1.20 bits per heavy atom. The first-order chi connectivity index (χ1) is 12.1. The zero-order chi connectivity index (χ0) is 17.8. The van der Waals surface area contributed by atoms with E-state index in [0.717, 1.165) is 26.2 Å². The quantitative estimate of drug-likeness (QED) is 0.760. The van der Waals surface area contributed by atoms with Crippen LogP contribution in [0, 0.1) is 5.82 Å². The molecule has 1 aromatic carbocycles. The first-order valence-corrected chi connectivity index (χ1v) is 8.48. The van der Waals surface area contributed by atoms with Crippen molar-refractivity contribution in [2.75, 3.05) is 33.3 Å². The molecule has 0 amide bonds. The van der Waals surface area contributed by atoms with Gasteiger partial charge in [0.05, 0.1) is 19.9 Å². The van der Waals surface area contributed by atoms with Gasteiger partial charge >= 0.3 is 5.97 Å². The fraction of sp³-hybridized carbons (Fsp3) is 0.389.